The highest BCUT2D eigenvalue weighted by atomic mass is 35.5. The molecule has 1 amide bonds. The van der Waals surface area contributed by atoms with Gasteiger partial charge in [-0.2, -0.15) is 0 Å². The Morgan fingerprint density at radius 1 is 1.16 bits per heavy atom. The lowest BCUT2D eigenvalue weighted by molar-refractivity contribution is 0.0980. The van der Waals surface area contributed by atoms with Gasteiger partial charge < -0.3 is 4.90 Å². The summed E-state index contributed by atoms with van der Waals surface area (Å²) in [5.41, 5.74) is 1.26. The molecule has 0 saturated heterocycles. The number of nitrogens with zero attached hydrogens (tertiary/aromatic N) is 3. The minimum atomic E-state index is -0.440. The van der Waals surface area contributed by atoms with Crippen LogP contribution in [0.25, 0.3) is 0 Å². The molecule has 1 aromatic carbocycles. The maximum Gasteiger partial charge on any atom is 0.278 e. The van der Waals surface area contributed by atoms with Crippen molar-refractivity contribution in [1.29, 1.82) is 0 Å². The summed E-state index contributed by atoms with van der Waals surface area (Å²) < 4.78 is 13.3. The second kappa shape index (κ2) is 7.47. The van der Waals surface area contributed by atoms with Crippen molar-refractivity contribution >= 4 is 46.1 Å². The second-order valence-electron chi connectivity index (χ2n) is 5.19. The predicted octanol–water partition coefficient (Wildman–Crippen LogP) is 5.14. The molecule has 4 nitrogen and oxygen atoms in total. The van der Waals surface area contributed by atoms with Gasteiger partial charge in [0.05, 0.1) is 22.3 Å². The van der Waals surface area contributed by atoms with Crippen LogP contribution < -0.4 is 4.90 Å². The molecule has 0 saturated carbocycles. The molecule has 2 heterocycles. The Labute approximate surface area is 157 Å². The lowest BCUT2D eigenvalue weighted by atomic mass is 10.2. The van der Waals surface area contributed by atoms with Crippen LogP contribution >= 0.6 is 34.5 Å². The lowest BCUT2D eigenvalue weighted by Gasteiger charge is -2.22. The smallest absolute Gasteiger partial charge is 0.278 e. The Hall–Kier alpha value is -2.02. The zero-order valence-electron chi connectivity index (χ0n) is 13.0. The molecule has 0 spiro atoms. The number of hydrogen-bond acceptors (Lipinski definition) is 4. The molecule has 0 atom stereocenters. The first-order valence-electron chi connectivity index (χ1n) is 7.24. The van der Waals surface area contributed by atoms with Crippen molar-refractivity contribution in [2.24, 2.45) is 0 Å². The summed E-state index contributed by atoms with van der Waals surface area (Å²) in [5, 5.41) is 3.11. The third kappa shape index (κ3) is 4.15. The number of benzene rings is 1. The van der Waals surface area contributed by atoms with Crippen molar-refractivity contribution in [1.82, 2.24) is 9.97 Å². The van der Waals surface area contributed by atoms with E-state index in [0.717, 1.165) is 10.7 Å². The van der Waals surface area contributed by atoms with Crippen LogP contribution in [0.1, 0.15) is 21.2 Å². The number of aryl methyl sites for hydroxylation is 1. The molecule has 0 radical (unpaired) electrons. The maximum absolute atomic E-state index is 13.3. The van der Waals surface area contributed by atoms with Gasteiger partial charge in [-0.15, -0.1) is 11.3 Å². The average Bonchev–Trinajstić information content (AvgIpc) is 3.00. The molecule has 0 unspecified atom stereocenters. The number of rotatable bonds is 4. The first-order valence-corrected chi connectivity index (χ1v) is 8.88. The summed E-state index contributed by atoms with van der Waals surface area (Å²) in [6, 6.07) is 8.63. The maximum atomic E-state index is 13.3. The molecule has 3 aromatic rings. The Balaban J connectivity index is 2.01. The van der Waals surface area contributed by atoms with Gasteiger partial charge in [0.1, 0.15) is 16.7 Å². The summed E-state index contributed by atoms with van der Waals surface area (Å²) >= 11 is 13.5. The Bertz CT molecular complexity index is 915. The summed E-state index contributed by atoms with van der Waals surface area (Å²) in [7, 11) is 0. The fourth-order valence-corrected chi connectivity index (χ4v) is 3.18. The number of carbonyl (C=O) groups is 1. The van der Waals surface area contributed by atoms with E-state index in [9.17, 15) is 9.18 Å². The van der Waals surface area contributed by atoms with E-state index in [0.29, 0.717) is 5.69 Å². The number of carbonyl (C=O) groups excluding carboxylic acids is 1. The van der Waals surface area contributed by atoms with Gasteiger partial charge in [-0.1, -0.05) is 23.2 Å². The van der Waals surface area contributed by atoms with Gasteiger partial charge >= 0.3 is 0 Å². The second-order valence-corrected chi connectivity index (χ2v) is 7.05. The Kier molecular flexibility index (Phi) is 5.32. The Morgan fingerprint density at radius 3 is 2.52 bits per heavy atom. The van der Waals surface area contributed by atoms with Gasteiger partial charge in [0.15, 0.2) is 0 Å². The molecule has 2 aromatic heterocycles. The summed E-state index contributed by atoms with van der Waals surface area (Å²) in [6.07, 6.45) is 0. The number of pyridine rings is 1. The first kappa shape index (κ1) is 17.8. The van der Waals surface area contributed by atoms with E-state index in [1.54, 1.807) is 0 Å². The Morgan fingerprint density at radius 2 is 1.88 bits per heavy atom. The quantitative estimate of drug-likeness (QED) is 0.574. The van der Waals surface area contributed by atoms with E-state index in [-0.39, 0.29) is 28.2 Å². The van der Waals surface area contributed by atoms with E-state index in [1.807, 2.05) is 12.3 Å². The standard InChI is InChI=1S/C17H12Cl2FN3OS/c1-10-21-12(9-25-10)8-23(13-4-2-11(20)3-5-13)17(24)16-14(18)6-7-15(19)22-16/h2-7,9H,8H2,1H3. The molecule has 0 bridgehead atoms. The molecule has 0 fully saturated rings. The van der Waals surface area contributed by atoms with Gasteiger partial charge in [-0.25, -0.2) is 14.4 Å². The summed E-state index contributed by atoms with van der Waals surface area (Å²) in [5.74, 6) is -0.829. The van der Waals surface area contributed by atoms with Gasteiger partial charge in [0, 0.05) is 11.1 Å². The molecule has 0 aliphatic rings. The number of hydrogen-bond donors (Lipinski definition) is 0. The largest absolute Gasteiger partial charge is 0.301 e. The van der Waals surface area contributed by atoms with Crippen molar-refractivity contribution in [3.63, 3.8) is 0 Å². The zero-order valence-corrected chi connectivity index (χ0v) is 15.4. The van der Waals surface area contributed by atoms with Gasteiger partial charge in [-0.3, -0.25) is 4.79 Å². The van der Waals surface area contributed by atoms with Gasteiger partial charge in [0.25, 0.3) is 5.91 Å². The van der Waals surface area contributed by atoms with Crippen molar-refractivity contribution in [2.75, 3.05) is 4.90 Å². The van der Waals surface area contributed by atoms with Crippen LogP contribution in [0.2, 0.25) is 10.2 Å². The highest BCUT2D eigenvalue weighted by Gasteiger charge is 2.23. The fraction of sp³-hybridized carbons (Fsp3) is 0.118. The molecule has 8 heteroatoms. The molecule has 0 N–H and O–H groups in total. The highest BCUT2D eigenvalue weighted by molar-refractivity contribution is 7.09. The lowest BCUT2D eigenvalue weighted by Crippen LogP contribution is -2.31. The van der Waals surface area contributed by atoms with Crippen molar-refractivity contribution < 1.29 is 9.18 Å². The number of amides is 1. The fourth-order valence-electron chi connectivity index (χ4n) is 2.24. The van der Waals surface area contributed by atoms with Crippen LogP contribution in [0.15, 0.2) is 41.8 Å². The number of halogens is 3. The third-order valence-corrected chi connectivity index (χ3v) is 4.72. The van der Waals surface area contributed by atoms with E-state index in [1.165, 1.54) is 52.6 Å². The number of aromatic nitrogens is 2. The van der Waals surface area contributed by atoms with Crippen LogP contribution in [0, 0.1) is 12.7 Å². The van der Waals surface area contributed by atoms with Crippen LogP contribution in [0.5, 0.6) is 0 Å². The number of anilines is 1. The minimum absolute atomic E-state index is 0.0328. The van der Waals surface area contributed by atoms with E-state index in [2.05, 4.69) is 9.97 Å². The normalized spacial score (nSPS) is 10.7. The van der Waals surface area contributed by atoms with E-state index in [4.69, 9.17) is 23.2 Å². The summed E-state index contributed by atoms with van der Waals surface area (Å²) in [4.78, 5) is 22.9. The molecule has 3 rings (SSSR count). The van der Waals surface area contributed by atoms with Crippen LogP contribution in [0.3, 0.4) is 0 Å². The van der Waals surface area contributed by atoms with Crippen molar-refractivity contribution in [3.8, 4) is 0 Å². The van der Waals surface area contributed by atoms with Crippen LogP contribution in [-0.2, 0) is 6.54 Å². The minimum Gasteiger partial charge on any atom is -0.301 e. The molecule has 25 heavy (non-hydrogen) atoms. The van der Waals surface area contributed by atoms with Crippen LogP contribution in [-0.4, -0.2) is 15.9 Å². The molecule has 128 valence electrons. The molecule has 0 aliphatic heterocycles. The van der Waals surface area contributed by atoms with Gasteiger partial charge in [-0.05, 0) is 43.3 Å². The van der Waals surface area contributed by atoms with Crippen LogP contribution in [0.4, 0.5) is 10.1 Å². The molecule has 0 aliphatic carbocycles. The third-order valence-electron chi connectivity index (χ3n) is 3.38. The van der Waals surface area contributed by atoms with Gasteiger partial charge in [0.2, 0.25) is 0 Å². The predicted molar refractivity (Wildman–Crippen MR) is 98.0 cm³/mol. The molecular weight excluding hydrogens is 384 g/mol. The van der Waals surface area contributed by atoms with E-state index >= 15 is 0 Å². The SMILES string of the molecule is Cc1nc(CN(C(=O)c2nc(Cl)ccc2Cl)c2ccc(F)cc2)cs1. The molecular formula is C17H12Cl2FN3OS. The average molecular weight is 396 g/mol. The first-order chi connectivity index (χ1) is 11.9. The van der Waals surface area contributed by atoms with Crippen molar-refractivity contribution in [2.45, 2.75) is 13.5 Å². The highest BCUT2D eigenvalue weighted by Crippen LogP contribution is 2.24. The van der Waals surface area contributed by atoms with E-state index < -0.39 is 5.91 Å². The monoisotopic (exact) mass is 395 g/mol. The van der Waals surface area contributed by atoms with Crippen molar-refractivity contribution in [3.05, 3.63) is 74.2 Å². The zero-order chi connectivity index (χ0) is 18.0. The topological polar surface area (TPSA) is 46.1 Å². The number of thiazole rings is 1. The summed E-state index contributed by atoms with van der Waals surface area (Å²) in [6.45, 7) is 2.09.